The van der Waals surface area contributed by atoms with Gasteiger partial charge in [-0.3, -0.25) is 0 Å². The summed E-state index contributed by atoms with van der Waals surface area (Å²) in [5.74, 6) is 0.681. The Labute approximate surface area is 45.7 Å². The minimum Gasteiger partial charge on any atom is -0.384 e. The quantitative estimate of drug-likeness (QED) is 0.558. The van der Waals surface area contributed by atoms with Gasteiger partial charge >= 0.3 is 0 Å². The van der Waals surface area contributed by atoms with Crippen molar-refractivity contribution in [3.8, 4) is 0 Å². The van der Waals surface area contributed by atoms with E-state index in [1.165, 1.54) is 6.20 Å². The van der Waals surface area contributed by atoms with Crippen LogP contribution in [0.15, 0.2) is 6.20 Å². The predicted molar refractivity (Wildman–Crippen MR) is 27.8 cm³/mol. The molecule has 3 N–H and O–H groups in total. The molecule has 0 aliphatic rings. The first-order valence-corrected chi connectivity index (χ1v) is 2.18. The molecule has 0 unspecified atom stereocenters. The summed E-state index contributed by atoms with van der Waals surface area (Å²) in [6.07, 6.45) is 1.38. The van der Waals surface area contributed by atoms with Crippen molar-refractivity contribution < 1.29 is 4.39 Å². The number of hydrogen-bond donors (Lipinski definition) is 2. The van der Waals surface area contributed by atoms with E-state index >= 15 is 0 Å². The van der Waals surface area contributed by atoms with Crippen LogP contribution in [0.2, 0.25) is 0 Å². The number of alkyl halides is 1. The van der Waals surface area contributed by atoms with Crippen LogP contribution in [0.3, 0.4) is 0 Å². The van der Waals surface area contributed by atoms with Gasteiger partial charge in [-0.15, -0.1) is 0 Å². The Kier molecular flexibility index (Phi) is 1.15. The lowest BCUT2D eigenvalue weighted by Crippen LogP contribution is -1.84. The molecule has 3 nitrogen and oxygen atoms in total. The number of anilines is 1. The Bertz CT molecular complexity index is 172. The number of imidazole rings is 1. The molecule has 0 fully saturated rings. The highest BCUT2D eigenvalue weighted by Gasteiger charge is 1.92. The summed E-state index contributed by atoms with van der Waals surface area (Å²) < 4.78 is 11.6. The second-order valence-electron chi connectivity index (χ2n) is 1.42. The minimum absolute atomic E-state index is 0.280. The molecule has 0 aromatic carbocycles. The fraction of sp³-hybridized carbons (Fsp3) is 0.250. The molecule has 4 heteroatoms. The molecule has 0 aliphatic carbocycles. The van der Waals surface area contributed by atoms with E-state index in [1.54, 1.807) is 0 Å². The number of nitrogens with two attached hydrogens (primary N) is 1. The van der Waals surface area contributed by atoms with E-state index in [2.05, 4.69) is 9.97 Å². The van der Waals surface area contributed by atoms with Crippen molar-refractivity contribution in [2.75, 3.05) is 5.73 Å². The normalized spacial score (nSPS) is 9.62. The maximum atomic E-state index is 11.6. The highest BCUT2D eigenvalue weighted by molar-refractivity contribution is 5.23. The van der Waals surface area contributed by atoms with E-state index in [9.17, 15) is 4.39 Å². The summed E-state index contributed by atoms with van der Waals surface area (Å²) in [6, 6.07) is 0. The van der Waals surface area contributed by atoms with E-state index in [1.807, 2.05) is 0 Å². The van der Waals surface area contributed by atoms with Crippen LogP contribution >= 0.6 is 0 Å². The second kappa shape index (κ2) is 1.81. The van der Waals surface area contributed by atoms with Crippen molar-refractivity contribution in [1.29, 1.82) is 0 Å². The van der Waals surface area contributed by atoms with Crippen molar-refractivity contribution in [2.45, 2.75) is 6.67 Å². The minimum atomic E-state index is -0.586. The van der Waals surface area contributed by atoms with Crippen LogP contribution in [0.25, 0.3) is 0 Å². The summed E-state index contributed by atoms with van der Waals surface area (Å²) in [7, 11) is 0. The van der Waals surface area contributed by atoms with E-state index in [-0.39, 0.29) is 5.82 Å². The third kappa shape index (κ3) is 0.776. The summed E-state index contributed by atoms with van der Waals surface area (Å²) in [5, 5.41) is 0. The molecular formula is C4H6FN3. The lowest BCUT2D eigenvalue weighted by Gasteiger charge is -1.79. The number of nitrogens with zero attached hydrogens (tertiary/aromatic N) is 1. The predicted octanol–water partition coefficient (Wildman–Crippen LogP) is 0.461. The smallest absolute Gasteiger partial charge is 0.147 e. The molecule has 0 spiro atoms. The number of aromatic nitrogens is 2. The maximum absolute atomic E-state index is 11.6. The zero-order valence-corrected chi connectivity index (χ0v) is 4.19. The Morgan fingerprint density at radius 3 is 2.88 bits per heavy atom. The van der Waals surface area contributed by atoms with Gasteiger partial charge in [0, 0.05) is 0 Å². The Balaban J connectivity index is 2.84. The first kappa shape index (κ1) is 5.08. The second-order valence-corrected chi connectivity index (χ2v) is 1.42. The summed E-state index contributed by atoms with van der Waals surface area (Å²) in [5.41, 5.74) is 5.17. The van der Waals surface area contributed by atoms with Gasteiger partial charge < -0.3 is 10.7 Å². The van der Waals surface area contributed by atoms with Crippen LogP contribution in [0.4, 0.5) is 10.2 Å². The molecule has 0 bridgehead atoms. The van der Waals surface area contributed by atoms with Gasteiger partial charge in [0.25, 0.3) is 0 Å². The van der Waals surface area contributed by atoms with Crippen molar-refractivity contribution in [3.63, 3.8) is 0 Å². The Morgan fingerprint density at radius 1 is 1.88 bits per heavy atom. The van der Waals surface area contributed by atoms with Gasteiger partial charge in [0.1, 0.15) is 18.3 Å². The molecule has 0 aliphatic heterocycles. The standard InChI is InChI=1S/C4H6FN3/c5-1-4-7-2-3(6)8-4/h2H,1,6H2,(H,7,8). The fourth-order valence-corrected chi connectivity index (χ4v) is 0.447. The molecule has 0 radical (unpaired) electrons. The Morgan fingerprint density at radius 2 is 2.62 bits per heavy atom. The van der Waals surface area contributed by atoms with Gasteiger partial charge in [-0.1, -0.05) is 0 Å². The monoisotopic (exact) mass is 115 g/mol. The number of aromatic amines is 1. The molecule has 1 aromatic heterocycles. The number of hydrogen-bond acceptors (Lipinski definition) is 2. The van der Waals surface area contributed by atoms with E-state index in [4.69, 9.17) is 5.73 Å². The van der Waals surface area contributed by atoms with Crippen LogP contribution < -0.4 is 5.73 Å². The molecule has 0 amide bonds. The lowest BCUT2D eigenvalue weighted by atomic mass is 10.7. The fourth-order valence-electron chi connectivity index (χ4n) is 0.447. The molecule has 8 heavy (non-hydrogen) atoms. The van der Waals surface area contributed by atoms with Gasteiger partial charge in [-0.25, -0.2) is 9.37 Å². The van der Waals surface area contributed by atoms with Crippen LogP contribution in [0.1, 0.15) is 5.82 Å². The molecular weight excluding hydrogens is 109 g/mol. The third-order valence-electron chi connectivity index (χ3n) is 0.775. The number of H-pyrrole nitrogens is 1. The SMILES string of the molecule is Nc1cnc(CF)[nH]1. The maximum Gasteiger partial charge on any atom is 0.147 e. The van der Waals surface area contributed by atoms with Crippen molar-refractivity contribution in [3.05, 3.63) is 12.0 Å². The molecule has 0 saturated heterocycles. The van der Waals surface area contributed by atoms with E-state index in [0.717, 1.165) is 0 Å². The average Bonchev–Trinajstić information content (AvgIpc) is 2.14. The van der Waals surface area contributed by atoms with Crippen molar-refractivity contribution in [2.24, 2.45) is 0 Å². The van der Waals surface area contributed by atoms with Crippen LogP contribution in [0, 0.1) is 0 Å². The first-order chi connectivity index (χ1) is 3.83. The lowest BCUT2D eigenvalue weighted by molar-refractivity contribution is 0.468. The summed E-state index contributed by atoms with van der Waals surface area (Å²) in [6.45, 7) is -0.586. The number of rotatable bonds is 1. The first-order valence-electron chi connectivity index (χ1n) is 2.18. The van der Waals surface area contributed by atoms with Crippen molar-refractivity contribution >= 4 is 5.82 Å². The zero-order chi connectivity index (χ0) is 5.98. The number of nitrogens with one attached hydrogen (secondary N) is 1. The average molecular weight is 115 g/mol. The highest BCUT2D eigenvalue weighted by Crippen LogP contribution is 1.97. The molecule has 1 aromatic rings. The van der Waals surface area contributed by atoms with Gasteiger partial charge in [0.15, 0.2) is 0 Å². The van der Waals surface area contributed by atoms with Gasteiger partial charge in [-0.2, -0.15) is 0 Å². The van der Waals surface area contributed by atoms with Gasteiger partial charge in [0.05, 0.1) is 6.20 Å². The van der Waals surface area contributed by atoms with E-state index in [0.29, 0.717) is 5.82 Å². The topological polar surface area (TPSA) is 54.7 Å². The third-order valence-corrected chi connectivity index (χ3v) is 0.775. The molecule has 44 valence electrons. The number of nitrogen functional groups attached to an aromatic ring is 1. The highest BCUT2D eigenvalue weighted by atomic mass is 19.1. The van der Waals surface area contributed by atoms with Crippen LogP contribution in [0.5, 0.6) is 0 Å². The summed E-state index contributed by atoms with van der Waals surface area (Å²) in [4.78, 5) is 6.10. The zero-order valence-electron chi connectivity index (χ0n) is 4.19. The van der Waals surface area contributed by atoms with Crippen molar-refractivity contribution in [1.82, 2.24) is 9.97 Å². The van der Waals surface area contributed by atoms with Crippen LogP contribution in [-0.2, 0) is 6.67 Å². The van der Waals surface area contributed by atoms with E-state index < -0.39 is 6.67 Å². The molecule has 0 saturated carbocycles. The Hall–Kier alpha value is -1.06. The van der Waals surface area contributed by atoms with Crippen LogP contribution in [-0.4, -0.2) is 9.97 Å². The largest absolute Gasteiger partial charge is 0.384 e. The summed E-state index contributed by atoms with van der Waals surface area (Å²) >= 11 is 0. The number of halogens is 1. The van der Waals surface area contributed by atoms with Gasteiger partial charge in [-0.05, 0) is 0 Å². The van der Waals surface area contributed by atoms with Gasteiger partial charge in [0.2, 0.25) is 0 Å². The molecule has 1 heterocycles. The molecule has 0 atom stereocenters. The molecule has 1 rings (SSSR count).